The Morgan fingerprint density at radius 1 is 1.45 bits per heavy atom. The summed E-state index contributed by atoms with van der Waals surface area (Å²) >= 11 is 0. The maximum Gasteiger partial charge on any atom is 0.320 e. The van der Waals surface area contributed by atoms with Gasteiger partial charge in [0.2, 0.25) is 0 Å². The van der Waals surface area contributed by atoms with E-state index in [1.54, 1.807) is 13.0 Å². The Morgan fingerprint density at radius 3 is 2.75 bits per heavy atom. The number of hydrogen-bond acceptors (Lipinski definition) is 3. The van der Waals surface area contributed by atoms with Crippen molar-refractivity contribution in [2.45, 2.75) is 31.5 Å². The molecule has 0 unspecified atom stereocenters. The predicted molar refractivity (Wildman–Crippen MR) is 70.4 cm³/mol. The summed E-state index contributed by atoms with van der Waals surface area (Å²) in [7, 11) is 1.89. The second-order valence-electron chi connectivity index (χ2n) is 5.22. The van der Waals surface area contributed by atoms with Gasteiger partial charge in [-0.25, -0.2) is 8.78 Å². The number of halogens is 2. The summed E-state index contributed by atoms with van der Waals surface area (Å²) in [6.45, 7) is 2.34. The SMILES string of the molecule is C[C@H](N[C@@H]1CCN(C)[C@H]1c1ccc(F)c(F)c1)C(=O)O. The maximum atomic E-state index is 13.4. The first-order chi connectivity index (χ1) is 9.40. The first-order valence-electron chi connectivity index (χ1n) is 6.54. The molecule has 0 amide bonds. The highest BCUT2D eigenvalue weighted by Gasteiger charge is 2.34. The van der Waals surface area contributed by atoms with Crippen molar-refractivity contribution in [2.75, 3.05) is 13.6 Å². The van der Waals surface area contributed by atoms with E-state index in [4.69, 9.17) is 5.11 Å². The minimum absolute atomic E-state index is 0.101. The number of carboxylic acid groups (broad SMARTS) is 1. The van der Waals surface area contributed by atoms with Gasteiger partial charge in [-0.05, 0) is 38.1 Å². The van der Waals surface area contributed by atoms with E-state index in [9.17, 15) is 13.6 Å². The molecule has 0 aromatic heterocycles. The van der Waals surface area contributed by atoms with Crippen LogP contribution in [0.2, 0.25) is 0 Å². The minimum Gasteiger partial charge on any atom is -0.480 e. The number of hydrogen-bond donors (Lipinski definition) is 2. The molecule has 1 saturated heterocycles. The summed E-state index contributed by atoms with van der Waals surface area (Å²) in [4.78, 5) is 12.9. The fraction of sp³-hybridized carbons (Fsp3) is 0.500. The molecule has 0 spiro atoms. The van der Waals surface area contributed by atoms with Gasteiger partial charge >= 0.3 is 5.97 Å². The monoisotopic (exact) mass is 284 g/mol. The van der Waals surface area contributed by atoms with Crippen LogP contribution < -0.4 is 5.32 Å². The topological polar surface area (TPSA) is 52.6 Å². The van der Waals surface area contributed by atoms with Crippen LogP contribution in [0.1, 0.15) is 24.9 Å². The Labute approximate surface area is 116 Å². The highest BCUT2D eigenvalue weighted by molar-refractivity contribution is 5.72. The van der Waals surface area contributed by atoms with Crippen molar-refractivity contribution in [3.05, 3.63) is 35.4 Å². The van der Waals surface area contributed by atoms with Crippen molar-refractivity contribution in [3.8, 4) is 0 Å². The fourth-order valence-electron chi connectivity index (χ4n) is 2.70. The lowest BCUT2D eigenvalue weighted by Gasteiger charge is -2.27. The lowest BCUT2D eigenvalue weighted by atomic mass is 9.99. The Bertz CT molecular complexity index is 510. The van der Waals surface area contributed by atoms with Gasteiger partial charge in [-0.15, -0.1) is 0 Å². The van der Waals surface area contributed by atoms with Crippen molar-refractivity contribution in [1.29, 1.82) is 0 Å². The van der Waals surface area contributed by atoms with Crippen LogP contribution in [-0.4, -0.2) is 41.7 Å². The molecular formula is C14H18F2N2O2. The maximum absolute atomic E-state index is 13.4. The van der Waals surface area contributed by atoms with Gasteiger partial charge in [0.1, 0.15) is 6.04 Å². The van der Waals surface area contributed by atoms with E-state index in [1.807, 2.05) is 11.9 Å². The fourth-order valence-corrected chi connectivity index (χ4v) is 2.70. The van der Waals surface area contributed by atoms with Crippen LogP contribution in [-0.2, 0) is 4.79 Å². The molecule has 2 rings (SSSR count). The van der Waals surface area contributed by atoms with Crippen molar-refractivity contribution in [1.82, 2.24) is 10.2 Å². The molecule has 0 radical (unpaired) electrons. The van der Waals surface area contributed by atoms with E-state index >= 15 is 0 Å². The molecule has 3 atom stereocenters. The number of carbonyl (C=O) groups is 1. The van der Waals surface area contributed by atoms with Gasteiger partial charge in [0.25, 0.3) is 0 Å². The number of carboxylic acids is 1. The summed E-state index contributed by atoms with van der Waals surface area (Å²) < 4.78 is 26.4. The zero-order chi connectivity index (χ0) is 14.9. The average molecular weight is 284 g/mol. The number of rotatable bonds is 4. The van der Waals surface area contributed by atoms with Gasteiger partial charge in [0, 0.05) is 18.6 Å². The Balaban J connectivity index is 2.21. The number of benzene rings is 1. The van der Waals surface area contributed by atoms with E-state index in [-0.39, 0.29) is 12.1 Å². The second kappa shape index (κ2) is 5.85. The Morgan fingerprint density at radius 2 is 2.15 bits per heavy atom. The summed E-state index contributed by atoms with van der Waals surface area (Å²) in [5.41, 5.74) is 0.652. The van der Waals surface area contributed by atoms with Crippen LogP contribution in [0.5, 0.6) is 0 Å². The number of nitrogens with one attached hydrogen (secondary N) is 1. The molecule has 1 aromatic carbocycles. The van der Waals surface area contributed by atoms with E-state index in [0.29, 0.717) is 5.56 Å². The van der Waals surface area contributed by atoms with Crippen LogP contribution >= 0.6 is 0 Å². The van der Waals surface area contributed by atoms with Crippen LogP contribution in [0.15, 0.2) is 18.2 Å². The molecule has 1 aliphatic heterocycles. The third-order valence-electron chi connectivity index (χ3n) is 3.77. The van der Waals surface area contributed by atoms with Crippen molar-refractivity contribution in [2.24, 2.45) is 0 Å². The van der Waals surface area contributed by atoms with Gasteiger partial charge in [-0.2, -0.15) is 0 Å². The highest BCUT2D eigenvalue weighted by atomic mass is 19.2. The van der Waals surface area contributed by atoms with Gasteiger partial charge in [0.05, 0.1) is 0 Å². The zero-order valence-corrected chi connectivity index (χ0v) is 11.4. The third kappa shape index (κ3) is 2.96. The number of nitrogens with zero attached hydrogens (tertiary/aromatic N) is 1. The van der Waals surface area contributed by atoms with Crippen molar-refractivity contribution < 1.29 is 18.7 Å². The Kier molecular flexibility index (Phi) is 4.35. The van der Waals surface area contributed by atoms with Crippen LogP contribution in [0, 0.1) is 11.6 Å². The lowest BCUT2D eigenvalue weighted by molar-refractivity contribution is -0.139. The molecular weight excluding hydrogens is 266 g/mol. The van der Waals surface area contributed by atoms with Crippen molar-refractivity contribution >= 4 is 5.97 Å². The molecule has 6 heteroatoms. The molecule has 20 heavy (non-hydrogen) atoms. The van der Waals surface area contributed by atoms with E-state index in [1.165, 1.54) is 6.07 Å². The zero-order valence-electron chi connectivity index (χ0n) is 11.4. The van der Waals surface area contributed by atoms with E-state index in [0.717, 1.165) is 19.0 Å². The molecule has 0 aliphatic carbocycles. The predicted octanol–water partition coefficient (Wildman–Crippen LogP) is 1.77. The van der Waals surface area contributed by atoms with Crippen molar-refractivity contribution in [3.63, 3.8) is 0 Å². The largest absolute Gasteiger partial charge is 0.480 e. The van der Waals surface area contributed by atoms with Gasteiger partial charge in [-0.3, -0.25) is 15.0 Å². The molecule has 110 valence electrons. The minimum atomic E-state index is -0.927. The summed E-state index contributed by atoms with van der Waals surface area (Å²) in [6, 6.07) is 2.89. The average Bonchev–Trinajstić information content (AvgIpc) is 2.74. The molecule has 1 aliphatic rings. The van der Waals surface area contributed by atoms with Crippen LogP contribution in [0.25, 0.3) is 0 Å². The molecule has 1 heterocycles. The van der Waals surface area contributed by atoms with Crippen LogP contribution in [0.4, 0.5) is 8.78 Å². The summed E-state index contributed by atoms with van der Waals surface area (Å²) in [5.74, 6) is -2.69. The quantitative estimate of drug-likeness (QED) is 0.885. The molecule has 1 aromatic rings. The molecule has 0 saturated carbocycles. The van der Waals surface area contributed by atoms with Gasteiger partial charge in [0.15, 0.2) is 11.6 Å². The first-order valence-corrected chi connectivity index (χ1v) is 6.54. The molecule has 2 N–H and O–H groups in total. The summed E-state index contributed by atoms with van der Waals surface area (Å²) in [6.07, 6.45) is 0.762. The van der Waals surface area contributed by atoms with E-state index in [2.05, 4.69) is 5.32 Å². The number of aliphatic carboxylic acids is 1. The second-order valence-corrected chi connectivity index (χ2v) is 5.22. The van der Waals surface area contributed by atoms with Gasteiger partial charge in [-0.1, -0.05) is 6.07 Å². The molecule has 4 nitrogen and oxygen atoms in total. The first kappa shape index (κ1) is 14.9. The van der Waals surface area contributed by atoms with E-state index < -0.39 is 23.6 Å². The Hall–Kier alpha value is -1.53. The smallest absolute Gasteiger partial charge is 0.320 e. The standard InChI is InChI=1S/C14H18F2N2O2/c1-8(14(19)20)17-12-5-6-18(2)13(12)9-3-4-10(15)11(16)7-9/h3-4,7-8,12-13,17H,5-6H2,1-2H3,(H,19,20)/t8-,12+,13-/m0/s1. The number of likely N-dealkylation sites (N-methyl/N-ethyl adjacent to an activating group) is 1. The third-order valence-corrected chi connectivity index (χ3v) is 3.77. The normalized spacial score (nSPS) is 24.8. The molecule has 1 fully saturated rings. The molecule has 0 bridgehead atoms. The lowest BCUT2D eigenvalue weighted by Crippen LogP contribution is -2.43. The highest BCUT2D eigenvalue weighted by Crippen LogP contribution is 2.31. The van der Waals surface area contributed by atoms with Gasteiger partial charge < -0.3 is 5.11 Å². The summed E-state index contributed by atoms with van der Waals surface area (Å²) in [5, 5.41) is 12.0. The van der Waals surface area contributed by atoms with Crippen LogP contribution in [0.3, 0.4) is 0 Å². The number of likely N-dealkylation sites (tertiary alicyclic amines) is 1.